The minimum absolute atomic E-state index is 0. The van der Waals surface area contributed by atoms with Gasteiger partial charge in [0.05, 0.1) is 0 Å². The van der Waals surface area contributed by atoms with E-state index in [0.717, 1.165) is 26.7 Å². The predicted octanol–water partition coefficient (Wildman–Crippen LogP) is 1.67. The molecule has 0 unspecified atom stereocenters. The molecule has 0 spiro atoms. The van der Waals surface area contributed by atoms with Gasteiger partial charge >= 0.3 is 29.6 Å². The fraction of sp³-hybridized carbons (Fsp3) is 0.812. The molecule has 132 valence electrons. The van der Waals surface area contributed by atoms with Crippen molar-refractivity contribution in [3.63, 3.8) is 0 Å². The van der Waals surface area contributed by atoms with E-state index >= 15 is 0 Å². The van der Waals surface area contributed by atoms with Crippen LogP contribution in [0, 0.1) is 0 Å². The monoisotopic (exact) mass is 341 g/mol. The quantitative estimate of drug-likeness (QED) is 0.463. The van der Waals surface area contributed by atoms with Crippen molar-refractivity contribution >= 4 is 17.8 Å². The Labute approximate surface area is 162 Å². The first-order valence-corrected chi connectivity index (χ1v) is 7.87. The minimum Gasteiger partial charge on any atom is -0.668 e. The van der Waals surface area contributed by atoms with E-state index in [2.05, 4.69) is 6.92 Å². The molecule has 7 heteroatoms. The van der Waals surface area contributed by atoms with Crippen LogP contribution in [-0.4, -0.2) is 28.1 Å². The minimum atomic E-state index is -0.833. The number of carboxylic acids is 2. The Kier molecular flexibility index (Phi) is 34.7. The first kappa shape index (κ1) is 30.3. The zero-order valence-corrected chi connectivity index (χ0v) is 17.2. The number of carbonyl (C=O) groups is 3. The number of hydrogen-bond donors (Lipinski definition) is 2. The summed E-state index contributed by atoms with van der Waals surface area (Å²) in [4.78, 5) is 28.3. The van der Waals surface area contributed by atoms with Crippen LogP contribution in [0.25, 0.3) is 5.73 Å². The van der Waals surface area contributed by atoms with Gasteiger partial charge in [0.2, 0.25) is 0 Å². The Morgan fingerprint density at radius 1 is 0.739 bits per heavy atom. The van der Waals surface area contributed by atoms with E-state index in [1.54, 1.807) is 0 Å². The topological polar surface area (TPSA) is 115 Å². The summed E-state index contributed by atoms with van der Waals surface area (Å²) in [6.07, 6.45) is 11.8. The predicted molar refractivity (Wildman–Crippen MR) is 87.8 cm³/mol. The molecule has 23 heavy (non-hydrogen) atoms. The summed E-state index contributed by atoms with van der Waals surface area (Å²) in [5.41, 5.74) is 6.73. The number of rotatable bonds is 10. The van der Waals surface area contributed by atoms with Crippen LogP contribution in [0.1, 0.15) is 85.0 Å². The van der Waals surface area contributed by atoms with Crippen molar-refractivity contribution < 1.29 is 54.2 Å². The van der Waals surface area contributed by atoms with Crippen molar-refractivity contribution in [2.45, 2.75) is 85.0 Å². The van der Waals surface area contributed by atoms with Crippen LogP contribution in [0.15, 0.2) is 0 Å². The van der Waals surface area contributed by atoms with Gasteiger partial charge in [-0.05, 0) is 12.8 Å². The zero-order chi connectivity index (χ0) is 17.8. The maximum atomic E-state index is 10.3. The molecule has 0 fully saturated rings. The van der Waals surface area contributed by atoms with Crippen LogP contribution in [0.3, 0.4) is 0 Å². The molecule has 0 radical (unpaired) electrons. The van der Waals surface area contributed by atoms with Gasteiger partial charge in [-0.15, -0.1) is 0 Å². The Bertz CT molecular complexity index is 266. The SMILES string of the molecule is CC(=O)O.CC(=O)O.CCCCCCCCCCCC([NH-])=O.[Na+]. The number of carboxylic acid groups (broad SMARTS) is 2. The van der Waals surface area contributed by atoms with E-state index in [1.165, 1.54) is 44.9 Å². The van der Waals surface area contributed by atoms with E-state index in [9.17, 15) is 4.79 Å². The molecule has 0 bridgehead atoms. The second-order valence-corrected chi connectivity index (χ2v) is 5.04. The van der Waals surface area contributed by atoms with Gasteiger partial charge in [0.1, 0.15) is 0 Å². The summed E-state index contributed by atoms with van der Waals surface area (Å²) in [6.45, 7) is 4.40. The average Bonchev–Trinajstić information content (AvgIpc) is 2.35. The molecule has 0 saturated carbocycles. The first-order valence-electron chi connectivity index (χ1n) is 7.87. The molecule has 0 atom stereocenters. The summed E-state index contributed by atoms with van der Waals surface area (Å²) in [5, 5.41) is 14.8. The fourth-order valence-electron chi connectivity index (χ4n) is 1.60. The number of hydrogen-bond acceptors (Lipinski definition) is 3. The summed E-state index contributed by atoms with van der Waals surface area (Å²) in [7, 11) is 0. The number of nitrogens with one attached hydrogen (secondary N) is 1. The Morgan fingerprint density at radius 2 is 1.00 bits per heavy atom. The van der Waals surface area contributed by atoms with Gasteiger partial charge in [0.15, 0.2) is 0 Å². The van der Waals surface area contributed by atoms with Crippen LogP contribution in [0.4, 0.5) is 0 Å². The van der Waals surface area contributed by atoms with Crippen molar-refractivity contribution in [2.75, 3.05) is 0 Å². The average molecular weight is 341 g/mol. The smallest absolute Gasteiger partial charge is 0.668 e. The molecule has 0 aromatic carbocycles. The standard InChI is InChI=1S/C12H25NO.2C2H4O2.Na/c1-2-3-4-5-6-7-8-9-10-11-12(13)14;2*1-2(3)4;/h2-11H2,1H3,(H2,13,14);2*1H3,(H,3,4);/q;;;+1/p-1. The van der Waals surface area contributed by atoms with Crippen molar-refractivity contribution in [1.82, 2.24) is 0 Å². The van der Waals surface area contributed by atoms with Crippen LogP contribution in [0.5, 0.6) is 0 Å². The van der Waals surface area contributed by atoms with E-state index < -0.39 is 17.8 Å². The first-order chi connectivity index (χ1) is 10.2. The van der Waals surface area contributed by atoms with E-state index in [0.29, 0.717) is 6.42 Å². The molecule has 0 aliphatic carbocycles. The maximum absolute atomic E-state index is 10.3. The van der Waals surface area contributed by atoms with Gasteiger partial charge in [0.25, 0.3) is 11.9 Å². The summed E-state index contributed by atoms with van der Waals surface area (Å²) in [6, 6.07) is 0. The van der Waals surface area contributed by atoms with Crippen molar-refractivity contribution in [2.24, 2.45) is 0 Å². The van der Waals surface area contributed by atoms with Crippen molar-refractivity contribution in [3.05, 3.63) is 5.73 Å². The van der Waals surface area contributed by atoms with Crippen LogP contribution in [0.2, 0.25) is 0 Å². The number of carbonyl (C=O) groups excluding carboxylic acids is 1. The fourth-order valence-corrected chi connectivity index (χ4v) is 1.60. The number of aliphatic carboxylic acids is 2. The van der Waals surface area contributed by atoms with E-state index in [4.69, 9.17) is 25.5 Å². The van der Waals surface area contributed by atoms with E-state index in [-0.39, 0.29) is 29.6 Å². The summed E-state index contributed by atoms with van der Waals surface area (Å²) >= 11 is 0. The second kappa shape index (κ2) is 26.3. The Hall–Kier alpha value is -0.590. The maximum Gasteiger partial charge on any atom is 1.00 e. The van der Waals surface area contributed by atoms with Crippen LogP contribution in [-0.2, 0) is 14.4 Å². The molecule has 0 rings (SSSR count). The van der Waals surface area contributed by atoms with Crippen LogP contribution >= 0.6 is 0 Å². The van der Waals surface area contributed by atoms with Crippen LogP contribution < -0.4 is 29.6 Å². The molecule has 0 saturated heterocycles. The normalized spacial score (nSPS) is 8.48. The zero-order valence-electron chi connectivity index (χ0n) is 15.2. The van der Waals surface area contributed by atoms with Gasteiger partial charge < -0.3 is 20.7 Å². The molecular formula is C16H32NNaO5. The Balaban J connectivity index is -0.000000167. The molecular weight excluding hydrogens is 309 g/mol. The third-order valence-electron chi connectivity index (χ3n) is 2.51. The van der Waals surface area contributed by atoms with Gasteiger partial charge in [-0.1, -0.05) is 58.3 Å². The molecule has 0 aromatic heterocycles. The third-order valence-corrected chi connectivity index (χ3v) is 2.51. The number of unbranched alkanes of at least 4 members (excludes halogenated alkanes) is 8. The number of amides is 1. The molecule has 0 aliphatic heterocycles. The van der Waals surface area contributed by atoms with Gasteiger partial charge in [-0.3, -0.25) is 9.59 Å². The molecule has 0 heterocycles. The molecule has 1 amide bonds. The second-order valence-electron chi connectivity index (χ2n) is 5.04. The Morgan fingerprint density at radius 3 is 1.26 bits per heavy atom. The molecule has 0 aliphatic rings. The third kappa shape index (κ3) is 74.4. The van der Waals surface area contributed by atoms with Gasteiger partial charge in [-0.25, -0.2) is 0 Å². The largest absolute Gasteiger partial charge is 1.00 e. The van der Waals surface area contributed by atoms with Crippen molar-refractivity contribution in [1.29, 1.82) is 0 Å². The molecule has 6 nitrogen and oxygen atoms in total. The summed E-state index contributed by atoms with van der Waals surface area (Å²) in [5.74, 6) is -2.08. The van der Waals surface area contributed by atoms with E-state index in [1.807, 2.05) is 0 Å². The molecule has 3 N–H and O–H groups in total. The van der Waals surface area contributed by atoms with Gasteiger partial charge in [-0.2, -0.15) is 0 Å². The summed E-state index contributed by atoms with van der Waals surface area (Å²) < 4.78 is 0. The van der Waals surface area contributed by atoms with Crippen molar-refractivity contribution in [3.8, 4) is 0 Å². The van der Waals surface area contributed by atoms with Gasteiger partial charge in [0, 0.05) is 19.8 Å². The molecule has 0 aromatic rings.